The number of hydrogen-bond donors (Lipinski definition) is 2. The average molecular weight is 222 g/mol. The molecule has 0 fully saturated rings. The van der Waals surface area contributed by atoms with Crippen LogP contribution in [-0.4, -0.2) is 35.3 Å². The van der Waals surface area contributed by atoms with E-state index in [-0.39, 0.29) is 18.4 Å². The molecule has 86 valence electrons. The fourth-order valence-corrected chi connectivity index (χ4v) is 1.01. The number of pyridine rings is 1. The van der Waals surface area contributed by atoms with Crippen LogP contribution in [0.15, 0.2) is 18.3 Å². The number of aromatic nitrogens is 1. The van der Waals surface area contributed by atoms with Gasteiger partial charge in [0, 0.05) is 14.0 Å². The Morgan fingerprint density at radius 3 is 2.69 bits per heavy atom. The second kappa shape index (κ2) is 5.11. The maximum atomic E-state index is 11.4. The summed E-state index contributed by atoms with van der Waals surface area (Å²) in [7, 11) is 1.56. The molecule has 16 heavy (non-hydrogen) atoms. The lowest BCUT2D eigenvalue weighted by Crippen LogP contribution is -2.33. The van der Waals surface area contributed by atoms with E-state index >= 15 is 0 Å². The predicted octanol–water partition coefficient (Wildman–Crippen LogP) is 0.0806. The molecule has 0 saturated carbocycles. The molecule has 6 nitrogen and oxygen atoms in total. The molecule has 0 radical (unpaired) electrons. The molecule has 1 rings (SSSR count). The summed E-state index contributed by atoms with van der Waals surface area (Å²) in [5.41, 5.74) is 5.95. The maximum absolute atomic E-state index is 11.4. The van der Waals surface area contributed by atoms with Gasteiger partial charge in [-0.3, -0.25) is 9.59 Å². The molecular formula is C10H14N4O2. The molecule has 0 bridgehead atoms. The van der Waals surface area contributed by atoms with Crippen molar-refractivity contribution in [2.45, 2.75) is 6.92 Å². The predicted molar refractivity (Wildman–Crippen MR) is 60.6 cm³/mol. The maximum Gasteiger partial charge on any atom is 0.244 e. The Balaban J connectivity index is 2.52. The van der Waals surface area contributed by atoms with Crippen molar-refractivity contribution in [2.24, 2.45) is 0 Å². The molecule has 3 N–H and O–H groups in total. The molecule has 0 unspecified atom stereocenters. The summed E-state index contributed by atoms with van der Waals surface area (Å²) in [6, 6.07) is 3.23. The molecule has 0 spiro atoms. The van der Waals surface area contributed by atoms with Gasteiger partial charge in [0.15, 0.2) is 0 Å². The van der Waals surface area contributed by atoms with Gasteiger partial charge in [-0.1, -0.05) is 0 Å². The molecule has 0 aliphatic heterocycles. The number of amides is 2. The van der Waals surface area contributed by atoms with Crippen molar-refractivity contribution in [3.8, 4) is 0 Å². The minimum absolute atomic E-state index is 0.0136. The Kier molecular flexibility index (Phi) is 3.82. The number of nitrogens with two attached hydrogens (primary N) is 1. The summed E-state index contributed by atoms with van der Waals surface area (Å²) < 4.78 is 0. The molecule has 0 saturated heterocycles. The summed E-state index contributed by atoms with van der Waals surface area (Å²) in [5, 5.41) is 2.60. The zero-order chi connectivity index (χ0) is 12.1. The summed E-state index contributed by atoms with van der Waals surface area (Å²) in [6.45, 7) is 1.41. The Morgan fingerprint density at radius 1 is 1.50 bits per heavy atom. The van der Waals surface area contributed by atoms with Crippen LogP contribution in [-0.2, 0) is 9.59 Å². The molecule has 6 heteroatoms. The van der Waals surface area contributed by atoms with Gasteiger partial charge < -0.3 is 16.0 Å². The molecule has 1 aromatic heterocycles. The van der Waals surface area contributed by atoms with E-state index in [1.54, 1.807) is 19.2 Å². The van der Waals surface area contributed by atoms with E-state index in [2.05, 4.69) is 10.3 Å². The lowest BCUT2D eigenvalue weighted by atomic mass is 10.4. The SMILES string of the molecule is CC(=O)N(C)CC(=O)Nc1ccc(N)nc1. The third kappa shape index (κ3) is 3.56. The van der Waals surface area contributed by atoms with Crippen LogP contribution in [0.25, 0.3) is 0 Å². The van der Waals surface area contributed by atoms with E-state index in [4.69, 9.17) is 5.73 Å². The lowest BCUT2D eigenvalue weighted by molar-refractivity contribution is -0.131. The fourth-order valence-electron chi connectivity index (χ4n) is 1.01. The van der Waals surface area contributed by atoms with E-state index in [9.17, 15) is 9.59 Å². The smallest absolute Gasteiger partial charge is 0.244 e. The van der Waals surface area contributed by atoms with Crippen molar-refractivity contribution in [3.63, 3.8) is 0 Å². The van der Waals surface area contributed by atoms with Gasteiger partial charge in [0.2, 0.25) is 11.8 Å². The van der Waals surface area contributed by atoms with E-state index in [1.165, 1.54) is 18.0 Å². The number of nitrogens with zero attached hydrogens (tertiary/aromatic N) is 2. The molecular weight excluding hydrogens is 208 g/mol. The monoisotopic (exact) mass is 222 g/mol. The second-order valence-electron chi connectivity index (χ2n) is 3.39. The molecule has 0 atom stereocenters. The molecule has 0 aromatic carbocycles. The number of anilines is 2. The first-order valence-corrected chi connectivity index (χ1v) is 4.72. The van der Waals surface area contributed by atoms with Crippen molar-refractivity contribution in [2.75, 3.05) is 24.6 Å². The molecule has 1 aromatic rings. The lowest BCUT2D eigenvalue weighted by Gasteiger charge is -2.14. The first kappa shape index (κ1) is 12.0. The van der Waals surface area contributed by atoms with Crippen LogP contribution < -0.4 is 11.1 Å². The van der Waals surface area contributed by atoms with Gasteiger partial charge in [-0.25, -0.2) is 4.98 Å². The van der Waals surface area contributed by atoms with E-state index in [0.717, 1.165) is 0 Å². The largest absolute Gasteiger partial charge is 0.384 e. The van der Waals surface area contributed by atoms with Gasteiger partial charge in [-0.05, 0) is 12.1 Å². The summed E-state index contributed by atoms with van der Waals surface area (Å²) >= 11 is 0. The number of nitrogen functional groups attached to an aromatic ring is 1. The first-order valence-electron chi connectivity index (χ1n) is 4.72. The number of carbonyl (C=O) groups excluding carboxylic acids is 2. The van der Waals surface area contributed by atoms with Crippen molar-refractivity contribution in [1.29, 1.82) is 0 Å². The fraction of sp³-hybridized carbons (Fsp3) is 0.300. The molecule has 0 aliphatic carbocycles. The minimum atomic E-state index is -0.274. The van der Waals surface area contributed by atoms with Crippen LogP contribution in [0, 0.1) is 0 Å². The highest BCUT2D eigenvalue weighted by atomic mass is 16.2. The van der Waals surface area contributed by atoms with Gasteiger partial charge >= 0.3 is 0 Å². The Morgan fingerprint density at radius 2 is 2.19 bits per heavy atom. The van der Waals surface area contributed by atoms with E-state index in [0.29, 0.717) is 11.5 Å². The van der Waals surface area contributed by atoms with Crippen LogP contribution in [0.4, 0.5) is 11.5 Å². The molecule has 2 amide bonds. The van der Waals surface area contributed by atoms with Gasteiger partial charge in [-0.2, -0.15) is 0 Å². The Labute approximate surface area is 93.4 Å². The molecule has 1 heterocycles. The van der Waals surface area contributed by atoms with Crippen LogP contribution in [0.1, 0.15) is 6.92 Å². The number of nitrogens with one attached hydrogen (secondary N) is 1. The van der Waals surface area contributed by atoms with Gasteiger partial charge in [0.1, 0.15) is 5.82 Å². The van der Waals surface area contributed by atoms with Crippen molar-refractivity contribution < 1.29 is 9.59 Å². The zero-order valence-electron chi connectivity index (χ0n) is 9.23. The van der Waals surface area contributed by atoms with Crippen molar-refractivity contribution in [3.05, 3.63) is 18.3 Å². The van der Waals surface area contributed by atoms with E-state index < -0.39 is 0 Å². The van der Waals surface area contributed by atoms with Crippen LogP contribution in [0.3, 0.4) is 0 Å². The quantitative estimate of drug-likeness (QED) is 0.758. The van der Waals surface area contributed by atoms with E-state index in [1.807, 2.05) is 0 Å². The second-order valence-corrected chi connectivity index (χ2v) is 3.39. The third-order valence-electron chi connectivity index (χ3n) is 1.99. The highest BCUT2D eigenvalue weighted by Crippen LogP contribution is 2.06. The number of likely N-dealkylation sites (N-methyl/N-ethyl adjacent to an activating group) is 1. The summed E-state index contributed by atoms with van der Waals surface area (Å²) in [6.07, 6.45) is 1.46. The van der Waals surface area contributed by atoms with Crippen LogP contribution in [0.2, 0.25) is 0 Å². The van der Waals surface area contributed by atoms with Gasteiger partial charge in [0.25, 0.3) is 0 Å². The number of carbonyl (C=O) groups is 2. The summed E-state index contributed by atoms with van der Waals surface area (Å²) in [5.74, 6) is -0.0475. The first-order chi connectivity index (χ1) is 7.49. The Hall–Kier alpha value is -2.11. The van der Waals surface area contributed by atoms with Crippen LogP contribution in [0.5, 0.6) is 0 Å². The highest BCUT2D eigenvalue weighted by molar-refractivity contribution is 5.94. The van der Waals surface area contributed by atoms with Crippen LogP contribution >= 0.6 is 0 Å². The van der Waals surface area contributed by atoms with Gasteiger partial charge in [-0.15, -0.1) is 0 Å². The highest BCUT2D eigenvalue weighted by Gasteiger charge is 2.08. The number of rotatable bonds is 3. The molecule has 0 aliphatic rings. The normalized spacial score (nSPS) is 9.62. The average Bonchev–Trinajstić information content (AvgIpc) is 2.21. The minimum Gasteiger partial charge on any atom is -0.384 e. The topological polar surface area (TPSA) is 88.3 Å². The van der Waals surface area contributed by atoms with Crippen molar-refractivity contribution >= 4 is 23.3 Å². The standard InChI is InChI=1S/C10H14N4O2/c1-7(15)14(2)6-10(16)13-8-3-4-9(11)12-5-8/h3-5H,6H2,1-2H3,(H2,11,12)(H,13,16). The zero-order valence-corrected chi connectivity index (χ0v) is 9.23. The summed E-state index contributed by atoms with van der Waals surface area (Å²) in [4.78, 5) is 27.5. The van der Waals surface area contributed by atoms with Gasteiger partial charge in [0.05, 0.1) is 18.4 Å². The Bertz CT molecular complexity index is 388. The third-order valence-corrected chi connectivity index (χ3v) is 1.99. The number of hydrogen-bond acceptors (Lipinski definition) is 4. The van der Waals surface area contributed by atoms with Crippen molar-refractivity contribution in [1.82, 2.24) is 9.88 Å².